The first-order chi connectivity index (χ1) is 25.3. The topological polar surface area (TPSA) is 49.2 Å². The van der Waals surface area contributed by atoms with Gasteiger partial charge in [0.1, 0.15) is 11.2 Å². The number of hydrogen-bond donors (Lipinski definition) is 3. The van der Waals surface area contributed by atoms with E-state index in [4.69, 9.17) is 4.42 Å². The molecular weight excluding hydrogens is 623 g/mol. The van der Waals surface area contributed by atoms with E-state index >= 15 is 0 Å². The molecule has 3 N–H and O–H groups in total. The second kappa shape index (κ2) is 12.4. The van der Waals surface area contributed by atoms with Gasteiger partial charge in [0.15, 0.2) is 0 Å². The molecule has 1 aliphatic heterocycles. The van der Waals surface area contributed by atoms with E-state index in [0.717, 1.165) is 38.6 Å². The molecule has 0 spiro atoms. The molecule has 4 nitrogen and oxygen atoms in total. The predicted molar refractivity (Wildman–Crippen MR) is 210 cm³/mol. The van der Waals surface area contributed by atoms with Gasteiger partial charge in [0, 0.05) is 16.3 Å². The summed E-state index contributed by atoms with van der Waals surface area (Å²) in [4.78, 5) is 0. The van der Waals surface area contributed by atoms with Gasteiger partial charge in [-0.1, -0.05) is 152 Å². The normalized spacial score (nSPS) is 17.8. The minimum absolute atomic E-state index is 0.0908. The van der Waals surface area contributed by atoms with Crippen molar-refractivity contribution in [3.05, 3.63) is 193 Å². The molecule has 3 atom stereocenters. The lowest BCUT2D eigenvalue weighted by atomic mass is 9.89. The smallest absolute Gasteiger partial charge is 0.143 e. The van der Waals surface area contributed by atoms with Gasteiger partial charge in [0.25, 0.3) is 0 Å². The zero-order valence-corrected chi connectivity index (χ0v) is 27.9. The van der Waals surface area contributed by atoms with Crippen molar-refractivity contribution in [3.63, 3.8) is 0 Å². The van der Waals surface area contributed by atoms with Crippen LogP contribution < -0.4 is 16.0 Å². The number of nitrogens with one attached hydrogen (secondary N) is 3. The van der Waals surface area contributed by atoms with Crippen LogP contribution in [0.25, 0.3) is 65.7 Å². The summed E-state index contributed by atoms with van der Waals surface area (Å²) in [6.07, 6.45) is -0.383. The van der Waals surface area contributed by atoms with E-state index in [1.54, 1.807) is 0 Å². The van der Waals surface area contributed by atoms with E-state index in [9.17, 15) is 0 Å². The van der Waals surface area contributed by atoms with Crippen LogP contribution in [0, 0.1) is 0 Å². The maximum Gasteiger partial charge on any atom is 0.143 e. The van der Waals surface area contributed by atoms with Crippen LogP contribution in [0.1, 0.15) is 35.2 Å². The van der Waals surface area contributed by atoms with E-state index < -0.39 is 0 Å². The van der Waals surface area contributed by atoms with E-state index in [-0.39, 0.29) is 18.5 Å². The molecule has 2 heterocycles. The fraction of sp³-hybridized carbons (Fsp3) is 0.0638. The largest absolute Gasteiger partial charge is 0.455 e. The first kappa shape index (κ1) is 29.8. The van der Waals surface area contributed by atoms with Crippen molar-refractivity contribution in [2.45, 2.75) is 18.5 Å². The maximum absolute atomic E-state index is 6.87. The Labute approximate surface area is 296 Å². The second-order valence-electron chi connectivity index (χ2n) is 13.4. The van der Waals surface area contributed by atoms with Gasteiger partial charge in [-0.2, -0.15) is 0 Å². The Kier molecular flexibility index (Phi) is 7.24. The van der Waals surface area contributed by atoms with Gasteiger partial charge in [-0.3, -0.25) is 16.0 Å². The van der Waals surface area contributed by atoms with Crippen molar-refractivity contribution in [2.75, 3.05) is 0 Å². The minimum Gasteiger partial charge on any atom is -0.455 e. The zero-order valence-electron chi connectivity index (χ0n) is 27.9. The molecule has 51 heavy (non-hydrogen) atoms. The highest BCUT2D eigenvalue weighted by Crippen LogP contribution is 2.44. The van der Waals surface area contributed by atoms with Gasteiger partial charge in [-0.25, -0.2) is 0 Å². The summed E-state index contributed by atoms with van der Waals surface area (Å²) < 4.78 is 6.87. The van der Waals surface area contributed by atoms with Crippen LogP contribution >= 0.6 is 0 Å². The summed E-state index contributed by atoms with van der Waals surface area (Å²) in [6, 6.07) is 62.8. The lowest BCUT2D eigenvalue weighted by Crippen LogP contribution is -2.54. The van der Waals surface area contributed by atoms with Crippen LogP contribution in [0.4, 0.5) is 0 Å². The molecule has 9 aromatic rings. The molecular formula is C47H35N3O. The van der Waals surface area contributed by atoms with Gasteiger partial charge in [0.2, 0.25) is 0 Å². The summed E-state index contributed by atoms with van der Waals surface area (Å²) in [5.41, 5.74) is 9.88. The molecule has 244 valence electrons. The van der Waals surface area contributed by atoms with Gasteiger partial charge in [-0.05, 0) is 79.2 Å². The molecule has 3 unspecified atom stereocenters. The maximum atomic E-state index is 6.87. The highest BCUT2D eigenvalue weighted by atomic mass is 16.3. The van der Waals surface area contributed by atoms with Gasteiger partial charge < -0.3 is 4.42 Å². The van der Waals surface area contributed by atoms with Crippen LogP contribution in [0.2, 0.25) is 0 Å². The Balaban J connectivity index is 1.17. The molecule has 0 bridgehead atoms. The average Bonchev–Trinajstić information content (AvgIpc) is 3.60. The zero-order chi connectivity index (χ0) is 33.7. The molecule has 4 heteroatoms. The third kappa shape index (κ3) is 5.29. The van der Waals surface area contributed by atoms with Crippen molar-refractivity contribution >= 4 is 43.5 Å². The highest BCUT2D eigenvalue weighted by Gasteiger charge is 2.32. The molecule has 0 amide bonds. The Hall–Kier alpha value is -6.04. The Morgan fingerprint density at radius 2 is 0.980 bits per heavy atom. The molecule has 0 aliphatic carbocycles. The van der Waals surface area contributed by atoms with Gasteiger partial charge in [-0.15, -0.1) is 0 Å². The van der Waals surface area contributed by atoms with Crippen molar-refractivity contribution in [3.8, 4) is 22.3 Å². The number of hydrogen-bond acceptors (Lipinski definition) is 4. The standard InChI is InChI=1S/C47H35N3O/c1-3-14-31(15-4-1)40-28-34-19-9-10-20-35(34)29-41(40)37-25-26-39(43-38-21-11-12-22-42(38)51-44(37)43)47-49-45(32-16-5-2-6-17-32)48-46(50-47)36-24-23-30-13-7-8-18-33(30)27-36/h1-29,45-50H. The molecule has 8 aromatic carbocycles. The lowest BCUT2D eigenvalue weighted by molar-refractivity contribution is 0.204. The summed E-state index contributed by atoms with van der Waals surface area (Å²) in [5, 5.41) is 18.8. The number of rotatable bonds is 5. The van der Waals surface area contributed by atoms with Gasteiger partial charge >= 0.3 is 0 Å². The van der Waals surface area contributed by atoms with Crippen molar-refractivity contribution in [1.82, 2.24) is 16.0 Å². The Morgan fingerprint density at radius 1 is 0.392 bits per heavy atom. The lowest BCUT2D eigenvalue weighted by Gasteiger charge is -2.40. The first-order valence-electron chi connectivity index (χ1n) is 17.6. The van der Waals surface area contributed by atoms with Crippen LogP contribution in [-0.2, 0) is 0 Å². The number of furan rings is 1. The number of benzene rings is 8. The molecule has 0 radical (unpaired) electrons. The number of para-hydroxylation sites is 1. The van der Waals surface area contributed by atoms with Crippen LogP contribution in [-0.4, -0.2) is 0 Å². The summed E-state index contributed by atoms with van der Waals surface area (Å²) in [6.45, 7) is 0. The van der Waals surface area contributed by atoms with E-state index in [2.05, 4.69) is 192 Å². The van der Waals surface area contributed by atoms with Gasteiger partial charge in [0.05, 0.1) is 18.5 Å². The predicted octanol–water partition coefficient (Wildman–Crippen LogP) is 11.4. The van der Waals surface area contributed by atoms with Crippen molar-refractivity contribution in [1.29, 1.82) is 0 Å². The fourth-order valence-electron chi connectivity index (χ4n) is 7.87. The molecule has 1 aromatic heterocycles. The summed E-state index contributed by atoms with van der Waals surface area (Å²) in [7, 11) is 0. The van der Waals surface area contributed by atoms with Crippen LogP contribution in [0.5, 0.6) is 0 Å². The Morgan fingerprint density at radius 3 is 1.75 bits per heavy atom. The summed E-state index contributed by atoms with van der Waals surface area (Å²) in [5.74, 6) is 0. The quantitative estimate of drug-likeness (QED) is 0.172. The number of fused-ring (bicyclic) bond motifs is 5. The first-order valence-corrected chi connectivity index (χ1v) is 17.6. The molecule has 1 saturated heterocycles. The van der Waals surface area contributed by atoms with E-state index in [1.807, 2.05) is 0 Å². The summed E-state index contributed by atoms with van der Waals surface area (Å²) >= 11 is 0. The van der Waals surface area contributed by atoms with Crippen LogP contribution in [0.15, 0.2) is 180 Å². The average molecular weight is 658 g/mol. The van der Waals surface area contributed by atoms with E-state index in [1.165, 1.54) is 43.8 Å². The molecule has 1 fully saturated rings. The minimum atomic E-state index is -0.185. The van der Waals surface area contributed by atoms with Crippen molar-refractivity contribution in [2.24, 2.45) is 0 Å². The van der Waals surface area contributed by atoms with Crippen molar-refractivity contribution < 1.29 is 4.42 Å². The fourth-order valence-corrected chi connectivity index (χ4v) is 7.87. The monoisotopic (exact) mass is 657 g/mol. The molecule has 1 aliphatic rings. The molecule has 10 rings (SSSR count). The SMILES string of the molecule is c1ccc(-c2cc3ccccc3cc2-c2ccc(C3NC(c4ccccc4)NC(c4ccc5ccccc5c4)N3)c3c2oc2ccccc23)cc1. The highest BCUT2D eigenvalue weighted by molar-refractivity contribution is 6.13. The third-order valence-electron chi connectivity index (χ3n) is 10.4. The molecule has 0 saturated carbocycles. The Bertz CT molecular complexity index is 2700. The van der Waals surface area contributed by atoms with Crippen LogP contribution in [0.3, 0.4) is 0 Å². The third-order valence-corrected chi connectivity index (χ3v) is 10.4. The van der Waals surface area contributed by atoms with E-state index in [0.29, 0.717) is 0 Å². The second-order valence-corrected chi connectivity index (χ2v) is 13.4.